The van der Waals surface area contributed by atoms with Crippen molar-refractivity contribution in [2.45, 2.75) is 0 Å². The highest BCUT2D eigenvalue weighted by atomic mass is 79.9. The summed E-state index contributed by atoms with van der Waals surface area (Å²) < 4.78 is 5.98. The van der Waals surface area contributed by atoms with Crippen molar-refractivity contribution in [2.24, 2.45) is 5.10 Å². The van der Waals surface area contributed by atoms with Crippen LogP contribution in [0.15, 0.2) is 33.8 Å². The normalized spacial score (nSPS) is 15.0. The van der Waals surface area contributed by atoms with Gasteiger partial charge in [-0.05, 0) is 28.1 Å². The molecule has 0 atom stereocenters. The van der Waals surface area contributed by atoms with Crippen molar-refractivity contribution in [1.82, 2.24) is 0 Å². The van der Waals surface area contributed by atoms with Gasteiger partial charge in [0.2, 0.25) is 0 Å². The Bertz CT molecular complexity index is 332. The minimum Gasteiger partial charge on any atom is -0.369 e. The van der Waals surface area contributed by atoms with Crippen molar-refractivity contribution >= 4 is 27.3 Å². The Hall–Kier alpha value is -0.870. The van der Waals surface area contributed by atoms with E-state index in [4.69, 9.17) is 4.74 Å². The van der Waals surface area contributed by atoms with E-state index in [-0.39, 0.29) is 0 Å². The molecule has 1 aromatic carbocycles. The van der Waals surface area contributed by atoms with Gasteiger partial charge in [-0.2, -0.15) is 5.10 Å². The quantitative estimate of drug-likeness (QED) is 0.805. The van der Waals surface area contributed by atoms with E-state index in [0.717, 1.165) is 15.9 Å². The van der Waals surface area contributed by atoms with E-state index < -0.39 is 0 Å². The monoisotopic (exact) mass is 240 g/mol. The summed E-state index contributed by atoms with van der Waals surface area (Å²) in [6.45, 7) is 1.30. The highest BCUT2D eigenvalue weighted by molar-refractivity contribution is 9.10. The van der Waals surface area contributed by atoms with Gasteiger partial charge >= 0.3 is 0 Å². The molecule has 13 heavy (non-hydrogen) atoms. The summed E-state index contributed by atoms with van der Waals surface area (Å²) in [5.74, 6) is 0. The van der Waals surface area contributed by atoms with Gasteiger partial charge in [-0.15, -0.1) is 0 Å². The molecule has 0 radical (unpaired) electrons. The lowest BCUT2D eigenvalue weighted by molar-refractivity contribution is 0.159. The fourth-order valence-corrected chi connectivity index (χ4v) is 1.32. The second kappa shape index (κ2) is 3.89. The van der Waals surface area contributed by atoms with Crippen molar-refractivity contribution in [3.63, 3.8) is 0 Å². The largest absolute Gasteiger partial charge is 0.369 e. The van der Waals surface area contributed by atoms with Gasteiger partial charge in [0.25, 0.3) is 0 Å². The first-order valence-corrected chi connectivity index (χ1v) is 4.79. The molecule has 0 aromatic heterocycles. The Balaban J connectivity index is 2.05. The number of para-hydroxylation sites is 1. The van der Waals surface area contributed by atoms with Crippen molar-refractivity contribution in [2.75, 3.05) is 18.6 Å². The molecule has 1 saturated heterocycles. The third kappa shape index (κ3) is 2.08. The summed E-state index contributed by atoms with van der Waals surface area (Å²) in [6.07, 6.45) is 0. The molecule has 4 heteroatoms. The minimum atomic E-state index is 0.650. The van der Waals surface area contributed by atoms with E-state index in [1.165, 1.54) is 0 Å². The number of ether oxygens (including phenoxy) is 1. The van der Waals surface area contributed by atoms with Gasteiger partial charge in [0.05, 0.1) is 24.6 Å². The lowest BCUT2D eigenvalue weighted by atomic mass is 10.3. The molecule has 1 heterocycles. The molecule has 68 valence electrons. The highest BCUT2D eigenvalue weighted by Gasteiger charge is 2.10. The van der Waals surface area contributed by atoms with Crippen LogP contribution in [0.3, 0.4) is 0 Å². The molecule has 3 nitrogen and oxygen atoms in total. The fourth-order valence-electron chi connectivity index (χ4n) is 0.949. The maximum Gasteiger partial charge on any atom is 0.0896 e. The van der Waals surface area contributed by atoms with Gasteiger partial charge in [0.15, 0.2) is 0 Å². The number of benzene rings is 1. The highest BCUT2D eigenvalue weighted by Crippen LogP contribution is 2.21. The molecular formula is C9H9BrN2O. The minimum absolute atomic E-state index is 0.650. The second-order valence-corrected chi connectivity index (χ2v) is 3.62. The van der Waals surface area contributed by atoms with Crippen LogP contribution in [-0.4, -0.2) is 18.9 Å². The topological polar surface area (TPSA) is 33.6 Å². The zero-order valence-corrected chi connectivity index (χ0v) is 8.54. The average molecular weight is 241 g/mol. The standard InChI is InChI=1S/C9H9BrN2O/c10-8-3-1-2-4-9(8)12-11-7-5-13-6-7/h1-4,12H,5-6H2. The maximum atomic E-state index is 4.97. The van der Waals surface area contributed by atoms with E-state index >= 15 is 0 Å². The van der Waals surface area contributed by atoms with Gasteiger partial charge < -0.3 is 4.74 Å². The summed E-state index contributed by atoms with van der Waals surface area (Å²) in [5.41, 5.74) is 5.00. The van der Waals surface area contributed by atoms with Gasteiger partial charge in [0.1, 0.15) is 0 Å². The number of hydrogen-bond acceptors (Lipinski definition) is 3. The van der Waals surface area contributed by atoms with Crippen molar-refractivity contribution in [3.05, 3.63) is 28.7 Å². The van der Waals surface area contributed by atoms with Crippen LogP contribution in [0.25, 0.3) is 0 Å². The molecule has 1 aromatic rings. The third-order valence-electron chi connectivity index (χ3n) is 1.75. The molecule has 1 N–H and O–H groups in total. The lowest BCUT2D eigenvalue weighted by Crippen LogP contribution is -2.28. The van der Waals surface area contributed by atoms with Crippen LogP contribution in [0.4, 0.5) is 5.69 Å². The number of anilines is 1. The Labute approximate surface area is 84.9 Å². The predicted octanol–water partition coefficient (Wildman–Crippen LogP) is 2.25. The van der Waals surface area contributed by atoms with Crippen LogP contribution in [0.5, 0.6) is 0 Å². The van der Waals surface area contributed by atoms with E-state index in [2.05, 4.69) is 26.5 Å². The van der Waals surface area contributed by atoms with E-state index in [0.29, 0.717) is 13.2 Å². The van der Waals surface area contributed by atoms with Crippen molar-refractivity contribution in [3.8, 4) is 0 Å². The molecule has 0 unspecified atom stereocenters. The van der Waals surface area contributed by atoms with Crippen LogP contribution in [0.2, 0.25) is 0 Å². The molecule has 0 aliphatic carbocycles. The van der Waals surface area contributed by atoms with Crippen molar-refractivity contribution < 1.29 is 4.74 Å². The van der Waals surface area contributed by atoms with E-state index in [1.54, 1.807) is 0 Å². The smallest absolute Gasteiger partial charge is 0.0896 e. The van der Waals surface area contributed by atoms with Gasteiger partial charge in [-0.1, -0.05) is 12.1 Å². The summed E-state index contributed by atoms with van der Waals surface area (Å²) in [5, 5.41) is 4.17. The summed E-state index contributed by atoms with van der Waals surface area (Å²) in [7, 11) is 0. The summed E-state index contributed by atoms with van der Waals surface area (Å²) >= 11 is 3.42. The summed E-state index contributed by atoms with van der Waals surface area (Å²) in [4.78, 5) is 0. The number of hydrogen-bond donors (Lipinski definition) is 1. The molecule has 1 aliphatic heterocycles. The fraction of sp³-hybridized carbons (Fsp3) is 0.222. The molecule has 0 spiro atoms. The first kappa shape index (κ1) is 8.72. The Morgan fingerprint density at radius 2 is 2.08 bits per heavy atom. The second-order valence-electron chi connectivity index (χ2n) is 2.76. The number of nitrogens with zero attached hydrogens (tertiary/aromatic N) is 1. The van der Waals surface area contributed by atoms with Gasteiger partial charge in [-0.3, -0.25) is 5.43 Å². The number of hydrazone groups is 1. The molecule has 2 rings (SSSR count). The lowest BCUT2D eigenvalue weighted by Gasteiger charge is -2.15. The van der Waals surface area contributed by atoms with Crippen molar-refractivity contribution in [1.29, 1.82) is 0 Å². The van der Waals surface area contributed by atoms with E-state index in [1.807, 2.05) is 24.3 Å². The van der Waals surface area contributed by atoms with Crippen LogP contribution in [-0.2, 0) is 4.74 Å². The molecular weight excluding hydrogens is 232 g/mol. The molecule has 0 amide bonds. The zero-order valence-electron chi connectivity index (χ0n) is 6.96. The summed E-state index contributed by atoms with van der Waals surface area (Å²) in [6, 6.07) is 7.87. The van der Waals surface area contributed by atoms with Crippen LogP contribution in [0, 0.1) is 0 Å². The molecule has 0 saturated carbocycles. The molecule has 1 fully saturated rings. The number of nitrogens with one attached hydrogen (secondary N) is 1. The van der Waals surface area contributed by atoms with Gasteiger partial charge in [-0.25, -0.2) is 0 Å². The number of rotatable bonds is 2. The molecule has 0 bridgehead atoms. The first-order chi connectivity index (χ1) is 6.36. The molecule has 1 aliphatic rings. The maximum absolute atomic E-state index is 4.97. The Morgan fingerprint density at radius 3 is 2.69 bits per heavy atom. The Kier molecular flexibility index (Phi) is 2.61. The zero-order chi connectivity index (χ0) is 9.10. The van der Waals surface area contributed by atoms with E-state index in [9.17, 15) is 0 Å². The van der Waals surface area contributed by atoms with Crippen LogP contribution in [0.1, 0.15) is 0 Å². The van der Waals surface area contributed by atoms with Gasteiger partial charge in [0, 0.05) is 4.47 Å². The SMILES string of the molecule is Brc1ccccc1NN=C1COC1. The Morgan fingerprint density at radius 1 is 1.31 bits per heavy atom. The average Bonchev–Trinajstić information content (AvgIpc) is 2.05. The van der Waals surface area contributed by atoms with Crippen LogP contribution >= 0.6 is 15.9 Å². The number of halogens is 1. The first-order valence-electron chi connectivity index (χ1n) is 4.00. The predicted molar refractivity (Wildman–Crippen MR) is 56.0 cm³/mol. The third-order valence-corrected chi connectivity index (χ3v) is 2.44. The van der Waals surface area contributed by atoms with Crippen LogP contribution < -0.4 is 5.43 Å².